The van der Waals surface area contributed by atoms with E-state index in [1.54, 1.807) is 9.80 Å². The van der Waals surface area contributed by atoms with Gasteiger partial charge in [-0.25, -0.2) is 9.36 Å². The van der Waals surface area contributed by atoms with E-state index in [-0.39, 0.29) is 140 Å². The number of carbonyl (C=O) groups is 6. The fourth-order valence-corrected chi connectivity index (χ4v) is 20.1. The average molecular weight is 1900 g/mol. The number of nitrogens with one attached hydrogen (secondary N) is 2. The van der Waals surface area contributed by atoms with Gasteiger partial charge in [-0.15, -0.1) is 10.2 Å². The van der Waals surface area contributed by atoms with Gasteiger partial charge in [-0.3, -0.25) is 28.8 Å². The Morgan fingerprint density at radius 1 is 0.451 bits per heavy atom. The van der Waals surface area contributed by atoms with Crippen LogP contribution < -0.4 is 22.1 Å². The normalized spacial score (nSPS) is 34.7. The molecule has 133 heavy (non-hydrogen) atoms. The Morgan fingerprint density at radius 2 is 0.820 bits per heavy atom. The van der Waals surface area contributed by atoms with Crippen molar-refractivity contribution in [1.29, 1.82) is 0 Å². The summed E-state index contributed by atoms with van der Waals surface area (Å²) in [6, 6.07) is -2.78. The molecule has 4 amide bonds. The van der Waals surface area contributed by atoms with Crippen LogP contribution in [0.3, 0.4) is 0 Å². The molecule has 8 heterocycles. The summed E-state index contributed by atoms with van der Waals surface area (Å²) in [5.74, 6) is -3.62. The highest BCUT2D eigenvalue weighted by molar-refractivity contribution is 5.83. The molecule has 43 nitrogen and oxygen atoms in total. The number of hydrogen-bond donors (Lipinski definition) is 14. The molecule has 12 rings (SSSR count). The van der Waals surface area contributed by atoms with Gasteiger partial charge in [0, 0.05) is 50.9 Å². The molecule has 6 aliphatic heterocycles. The fourth-order valence-electron chi connectivity index (χ4n) is 20.1. The summed E-state index contributed by atoms with van der Waals surface area (Å²) < 4.78 is 96.9. The lowest BCUT2D eigenvalue weighted by Gasteiger charge is -2.49. The van der Waals surface area contributed by atoms with Gasteiger partial charge in [-0.2, -0.15) is 0 Å². The summed E-state index contributed by atoms with van der Waals surface area (Å²) >= 11 is 0. The highest BCUT2D eigenvalue weighted by atomic mass is 16.7. The third-order valence-electron chi connectivity index (χ3n) is 28.1. The van der Waals surface area contributed by atoms with Crippen LogP contribution in [-0.4, -0.2) is 391 Å². The van der Waals surface area contributed by atoms with E-state index < -0.39 is 221 Å². The number of nitrogens with two attached hydrogens (primary N) is 2. The van der Waals surface area contributed by atoms with Crippen molar-refractivity contribution in [2.24, 2.45) is 47.0 Å². The minimum absolute atomic E-state index is 0.00402. The monoisotopic (exact) mass is 1900 g/mol. The molecule has 43 heteroatoms. The minimum Gasteiger partial charge on any atom is -0.394 e. The number of likely N-dealkylation sites (tertiary alicyclic amines) is 2. The zero-order chi connectivity index (χ0) is 94.8. The van der Waals surface area contributed by atoms with Crippen molar-refractivity contribution < 1.29 is 151 Å². The first kappa shape index (κ1) is 106. The van der Waals surface area contributed by atoms with Crippen molar-refractivity contribution in [3.63, 3.8) is 0 Å². The molecule has 756 valence electrons. The molecule has 2 aromatic rings. The Bertz CT molecular complexity index is 3590. The van der Waals surface area contributed by atoms with E-state index in [4.69, 9.17) is 82.5 Å². The zero-order valence-corrected chi connectivity index (χ0v) is 77.5. The molecule has 10 aliphatic rings. The van der Waals surface area contributed by atoms with Crippen LogP contribution in [0.5, 0.6) is 0 Å². The van der Waals surface area contributed by atoms with Gasteiger partial charge < -0.3 is 154 Å². The number of amides is 4. The summed E-state index contributed by atoms with van der Waals surface area (Å²) in [6.07, 6.45) is -14.3. The van der Waals surface area contributed by atoms with Gasteiger partial charge in [0.25, 0.3) is 11.8 Å². The van der Waals surface area contributed by atoms with Gasteiger partial charge in [-0.1, -0.05) is 101 Å². The van der Waals surface area contributed by atoms with E-state index in [2.05, 4.69) is 31.3 Å². The van der Waals surface area contributed by atoms with E-state index in [1.165, 1.54) is 35.6 Å². The van der Waals surface area contributed by atoms with Crippen LogP contribution in [-0.2, 0) is 126 Å². The summed E-state index contributed by atoms with van der Waals surface area (Å²) in [5, 5.41) is 134. The van der Waals surface area contributed by atoms with E-state index in [1.807, 2.05) is 13.8 Å². The smallest absolute Gasteiger partial charge is 0.251 e. The maximum Gasteiger partial charge on any atom is 0.251 e. The third kappa shape index (κ3) is 29.3. The first-order valence-corrected chi connectivity index (χ1v) is 48.8. The number of ketones is 2. The second-order valence-corrected chi connectivity index (χ2v) is 37.7. The van der Waals surface area contributed by atoms with Gasteiger partial charge in [0.15, 0.2) is 25.2 Å². The van der Waals surface area contributed by atoms with Crippen LogP contribution >= 0.6 is 0 Å². The molecule has 30 atom stereocenters. The fraction of sp³-hybridized carbons (Fsp3) is 0.889. The van der Waals surface area contributed by atoms with Crippen LogP contribution in [0.25, 0.3) is 0 Å². The second-order valence-electron chi connectivity index (χ2n) is 37.7. The SMILES string of the molecule is CCC1CC(C(=O)CCCN)C[C@@H](O[C@@H]2O[C@@H](CO)[C@H](O)C(O[C@@H](CC3CCCCC3)C(=O)N3CCC3)C2NC(=O)Cn2cc(COCCOCCOCCOCCOCc3cn(CC(=O)NC4C(O[C@@H](CC5CCCCC5)C(=O)N5CCC5)[C@@H](O)[C@H](CO)O[C@H]4O[C@@H]4CC(C(=O)CCCN)CC(CC)[C@H]4O[C@@H]4OC(C)[C@@H](O)[C@H](O)C4O)nn3)nn2)[C@@H]1O[C@@H]1OC(C)[C@@H](O)[C@H](O)C1O. The van der Waals surface area contributed by atoms with E-state index >= 15 is 0 Å². The Balaban J connectivity index is 0.603. The number of Topliss-reactive ketones (excluding diaryl/α,β-unsaturated/α-hetero) is 2. The number of ether oxygens (including phenoxy) is 15. The van der Waals surface area contributed by atoms with Crippen LogP contribution in [0.4, 0.5) is 0 Å². The molecule has 2 aromatic heterocycles. The van der Waals surface area contributed by atoms with Crippen LogP contribution in [0.2, 0.25) is 0 Å². The Morgan fingerprint density at radius 3 is 1.16 bits per heavy atom. The van der Waals surface area contributed by atoms with Crippen LogP contribution in [0.1, 0.15) is 193 Å². The van der Waals surface area contributed by atoms with E-state index in [0.717, 1.165) is 77.0 Å². The molecule has 6 saturated heterocycles. The largest absolute Gasteiger partial charge is 0.394 e. The Kier molecular flexibility index (Phi) is 42.5. The lowest BCUT2D eigenvalue weighted by molar-refractivity contribution is -0.338. The molecule has 0 bridgehead atoms. The molecule has 4 saturated carbocycles. The number of aliphatic hydroxyl groups excluding tert-OH is 10. The van der Waals surface area contributed by atoms with Crippen molar-refractivity contribution >= 4 is 35.2 Å². The summed E-state index contributed by atoms with van der Waals surface area (Å²) in [5.41, 5.74) is 12.5. The molecular formula is C90H150N12O31. The number of rotatable bonds is 52. The molecule has 16 N–H and O–H groups in total. The maximum atomic E-state index is 14.6. The summed E-state index contributed by atoms with van der Waals surface area (Å²) in [4.78, 5) is 89.3. The molecular weight excluding hydrogens is 1750 g/mol. The molecule has 10 fully saturated rings. The van der Waals surface area contributed by atoms with Gasteiger partial charge in [-0.05, 0) is 115 Å². The molecule has 0 aromatic carbocycles. The number of aromatic nitrogens is 6. The van der Waals surface area contributed by atoms with Crippen LogP contribution in [0, 0.1) is 35.5 Å². The predicted molar refractivity (Wildman–Crippen MR) is 465 cm³/mol. The van der Waals surface area contributed by atoms with E-state index in [9.17, 15) is 79.8 Å². The lowest BCUT2D eigenvalue weighted by Crippen LogP contribution is -2.68. The molecule has 0 radical (unpaired) electrons. The van der Waals surface area contributed by atoms with Crippen molar-refractivity contribution in [1.82, 2.24) is 50.4 Å². The Hall–Kier alpha value is -5.58. The second kappa shape index (κ2) is 53.2. The number of nitrogens with zero attached hydrogens (tertiary/aromatic N) is 8. The quantitative estimate of drug-likeness (QED) is 0.0331. The van der Waals surface area contributed by atoms with Gasteiger partial charge >= 0.3 is 0 Å². The van der Waals surface area contributed by atoms with Gasteiger partial charge in [0.05, 0.1) is 128 Å². The number of aliphatic hydroxyl groups is 10. The van der Waals surface area contributed by atoms with E-state index in [0.29, 0.717) is 88.9 Å². The van der Waals surface area contributed by atoms with Crippen LogP contribution in [0.15, 0.2) is 12.4 Å². The first-order valence-electron chi connectivity index (χ1n) is 48.8. The third-order valence-corrected chi connectivity index (χ3v) is 28.1. The highest BCUT2D eigenvalue weighted by Crippen LogP contribution is 2.44. The van der Waals surface area contributed by atoms with Crippen molar-refractivity contribution in [2.75, 3.05) is 105 Å². The standard InChI is InChI=1S/C90H150N12O31/c1-5-55-39-57(61(105)21-13-23-91)41-63(81(55)132-89-79(115)77(113)73(109)51(3)124-89)128-87-71(83(75(111)67(47-103)130-87)126-65(85(117)99-25-15-26-99)37-53-17-9-7-10-18-53)93-69(107)45-101-43-59(95-97-101)49-122-35-33-120-31-29-119-30-32-121-34-36-123-50-60-44-102(98-96-60)46-70(108)94-72-84(127-66(86(118)100-27-16-28-100)38-54-19-11-8-12-20-54)76(112)68(48-104)131-88(72)129-64-42-58(62(106)22-14-24-92)40-56(6-2)82(64)133-90-80(116)78(114)74(110)52(4)125-90/h43-44,51-58,63-68,71-84,87-90,103-104,109-116H,5-42,45-50,91-92H2,1-4H3,(H,93,107)(H,94,108)/t51?,52?,55?,56?,57?,58?,63-,64-,65+,66+,67+,68+,71?,72?,73-,74-,75+,76+,77+,78+,79?,80?,81-,82-,83?,84?,87-,88-,89+,90+/m1/s1. The topological polar surface area (TPSA) is 587 Å². The molecule has 4 aliphatic carbocycles. The summed E-state index contributed by atoms with van der Waals surface area (Å²) in [6.45, 7) is 9.02. The molecule has 12 unspecified atom stereocenters. The lowest BCUT2D eigenvalue weighted by atomic mass is 9.74. The average Bonchev–Trinajstić information content (AvgIpc) is 0.991. The van der Waals surface area contributed by atoms with Gasteiger partial charge in [0.2, 0.25) is 11.8 Å². The number of carbonyl (C=O) groups excluding carboxylic acids is 6. The maximum absolute atomic E-state index is 14.6. The Labute approximate surface area is 776 Å². The van der Waals surface area contributed by atoms with Crippen molar-refractivity contribution in [2.45, 2.75) is 367 Å². The minimum atomic E-state index is -1.68. The predicted octanol–water partition coefficient (Wildman–Crippen LogP) is -1.62. The van der Waals surface area contributed by atoms with Gasteiger partial charge in [0.1, 0.15) is 134 Å². The van der Waals surface area contributed by atoms with Crippen molar-refractivity contribution in [3.8, 4) is 0 Å². The summed E-state index contributed by atoms with van der Waals surface area (Å²) in [7, 11) is 0. The first-order chi connectivity index (χ1) is 64.3. The molecule has 0 spiro atoms. The highest BCUT2D eigenvalue weighted by Gasteiger charge is 2.57. The zero-order valence-electron chi connectivity index (χ0n) is 77.5. The van der Waals surface area contributed by atoms with Crippen molar-refractivity contribution in [3.05, 3.63) is 23.8 Å². The number of hydrogen-bond acceptors (Lipinski definition) is 37.